The number of nitrogens with one attached hydrogen (secondary N) is 2. The van der Waals surface area contributed by atoms with Gasteiger partial charge in [0.15, 0.2) is 0 Å². The van der Waals surface area contributed by atoms with Crippen LogP contribution in [-0.4, -0.2) is 41.3 Å². The predicted molar refractivity (Wildman–Crippen MR) is 100 cm³/mol. The number of morpholine rings is 1. The average Bonchev–Trinajstić information content (AvgIpc) is 3.02. The summed E-state index contributed by atoms with van der Waals surface area (Å²) in [6, 6.07) is 10.6. The Morgan fingerprint density at radius 1 is 1.12 bits per heavy atom. The van der Waals surface area contributed by atoms with Crippen molar-refractivity contribution in [3.05, 3.63) is 47.2 Å². The normalized spacial score (nSPS) is 14.9. The van der Waals surface area contributed by atoms with E-state index in [2.05, 4.69) is 52.5 Å². The molecule has 6 nitrogen and oxygen atoms in total. The van der Waals surface area contributed by atoms with E-state index in [0.29, 0.717) is 0 Å². The highest BCUT2D eigenvalue weighted by Gasteiger charge is 2.17. The molecule has 4 rings (SSSR count). The maximum Gasteiger partial charge on any atom is 0.229 e. The summed E-state index contributed by atoms with van der Waals surface area (Å²) in [5.74, 6) is 1.63. The second-order valence-electron chi connectivity index (χ2n) is 6.53. The first-order valence-electron chi connectivity index (χ1n) is 8.68. The molecular formula is C19H23N5O. The van der Waals surface area contributed by atoms with Crippen molar-refractivity contribution in [3.63, 3.8) is 0 Å². The molecule has 0 spiro atoms. The smallest absolute Gasteiger partial charge is 0.229 e. The number of aromatic nitrogens is 3. The summed E-state index contributed by atoms with van der Waals surface area (Å²) in [7, 11) is 0. The number of hydrogen-bond acceptors (Lipinski definition) is 5. The van der Waals surface area contributed by atoms with Crippen LogP contribution in [0.4, 0.5) is 11.8 Å². The van der Waals surface area contributed by atoms with Gasteiger partial charge in [-0.3, -0.25) is 0 Å². The van der Waals surface area contributed by atoms with Crippen LogP contribution in [0.3, 0.4) is 0 Å². The fourth-order valence-corrected chi connectivity index (χ4v) is 3.06. The Hall–Kier alpha value is -2.60. The Morgan fingerprint density at radius 2 is 1.88 bits per heavy atom. The first-order chi connectivity index (χ1) is 12.2. The van der Waals surface area contributed by atoms with Gasteiger partial charge < -0.3 is 19.9 Å². The lowest BCUT2D eigenvalue weighted by Gasteiger charge is -2.27. The van der Waals surface area contributed by atoms with E-state index in [4.69, 9.17) is 14.7 Å². The summed E-state index contributed by atoms with van der Waals surface area (Å²) in [5.41, 5.74) is 4.46. The van der Waals surface area contributed by atoms with Crippen LogP contribution in [0.2, 0.25) is 0 Å². The number of aryl methyl sites for hydroxylation is 2. The lowest BCUT2D eigenvalue weighted by molar-refractivity contribution is 0.122. The first-order valence-corrected chi connectivity index (χ1v) is 8.68. The number of nitrogens with zero attached hydrogens (tertiary/aromatic N) is 3. The molecule has 1 aromatic carbocycles. The van der Waals surface area contributed by atoms with Crippen molar-refractivity contribution in [1.29, 1.82) is 0 Å². The molecule has 1 fully saturated rings. The molecular weight excluding hydrogens is 314 g/mol. The molecule has 2 N–H and O–H groups in total. The number of ether oxygens (including phenoxy) is 1. The minimum atomic E-state index is 0.720. The van der Waals surface area contributed by atoms with Crippen LogP contribution in [-0.2, 0) is 11.3 Å². The maximum atomic E-state index is 5.44. The largest absolute Gasteiger partial charge is 0.378 e. The van der Waals surface area contributed by atoms with Crippen molar-refractivity contribution in [3.8, 4) is 0 Å². The van der Waals surface area contributed by atoms with Crippen LogP contribution in [0.15, 0.2) is 30.3 Å². The highest BCUT2D eigenvalue weighted by atomic mass is 16.5. The number of H-pyrrole nitrogens is 1. The van der Waals surface area contributed by atoms with Gasteiger partial charge >= 0.3 is 0 Å². The molecule has 3 aromatic rings. The monoisotopic (exact) mass is 337 g/mol. The van der Waals surface area contributed by atoms with E-state index in [1.54, 1.807) is 0 Å². The molecule has 1 aliphatic heterocycles. The van der Waals surface area contributed by atoms with Gasteiger partial charge in [-0.1, -0.05) is 29.8 Å². The minimum absolute atomic E-state index is 0.720. The molecule has 0 atom stereocenters. The zero-order valence-corrected chi connectivity index (χ0v) is 14.7. The lowest BCUT2D eigenvalue weighted by atomic mass is 10.1. The molecule has 0 amide bonds. The number of anilines is 2. The molecule has 0 aliphatic carbocycles. The van der Waals surface area contributed by atoms with Crippen molar-refractivity contribution in [1.82, 2.24) is 15.0 Å². The Labute approximate surface area is 147 Å². The van der Waals surface area contributed by atoms with Crippen LogP contribution in [0.5, 0.6) is 0 Å². The molecule has 0 radical (unpaired) electrons. The summed E-state index contributed by atoms with van der Waals surface area (Å²) >= 11 is 0. The van der Waals surface area contributed by atoms with E-state index in [1.165, 1.54) is 11.1 Å². The number of rotatable bonds is 4. The highest BCUT2D eigenvalue weighted by molar-refractivity contribution is 5.89. The van der Waals surface area contributed by atoms with E-state index in [-0.39, 0.29) is 0 Å². The summed E-state index contributed by atoms with van der Waals surface area (Å²) in [5, 5.41) is 4.52. The van der Waals surface area contributed by atoms with E-state index in [0.717, 1.165) is 61.3 Å². The van der Waals surface area contributed by atoms with Crippen LogP contribution < -0.4 is 10.2 Å². The third-order valence-electron chi connectivity index (χ3n) is 4.48. The molecule has 6 heteroatoms. The average molecular weight is 337 g/mol. The van der Waals surface area contributed by atoms with Gasteiger partial charge in [-0.25, -0.2) is 0 Å². The van der Waals surface area contributed by atoms with Gasteiger partial charge in [0.2, 0.25) is 5.95 Å². The Bertz CT molecular complexity index is 865. The zero-order chi connectivity index (χ0) is 17.2. The molecule has 0 bridgehead atoms. The first kappa shape index (κ1) is 15.9. The second-order valence-corrected chi connectivity index (χ2v) is 6.53. The van der Waals surface area contributed by atoms with Crippen molar-refractivity contribution >= 4 is 22.8 Å². The quantitative estimate of drug-likeness (QED) is 0.766. The standard InChI is InChI=1S/C19H23N5O/c1-13-3-5-15(6-4-13)12-20-17-16-11-14(2)21-18(16)23-19(22-17)24-7-9-25-10-8-24/h3-6,11H,7-10,12H2,1-2H3,(H2,20,21,22,23). The Morgan fingerprint density at radius 3 is 2.64 bits per heavy atom. The molecule has 3 heterocycles. The minimum Gasteiger partial charge on any atom is -0.378 e. The fraction of sp³-hybridized carbons (Fsp3) is 0.368. The maximum absolute atomic E-state index is 5.44. The van der Waals surface area contributed by atoms with Gasteiger partial charge in [0.1, 0.15) is 11.5 Å². The fourth-order valence-electron chi connectivity index (χ4n) is 3.06. The summed E-state index contributed by atoms with van der Waals surface area (Å²) in [4.78, 5) is 15.0. The third kappa shape index (κ3) is 3.44. The van der Waals surface area contributed by atoms with Gasteiger partial charge in [0.25, 0.3) is 0 Å². The van der Waals surface area contributed by atoms with Crippen LogP contribution in [0, 0.1) is 13.8 Å². The van der Waals surface area contributed by atoms with Crippen LogP contribution in [0.1, 0.15) is 16.8 Å². The van der Waals surface area contributed by atoms with E-state index >= 15 is 0 Å². The Balaban J connectivity index is 1.64. The molecule has 0 unspecified atom stereocenters. The van der Waals surface area contributed by atoms with Gasteiger partial charge in [-0.15, -0.1) is 0 Å². The second kappa shape index (κ2) is 6.72. The van der Waals surface area contributed by atoms with E-state index < -0.39 is 0 Å². The van der Waals surface area contributed by atoms with Crippen molar-refractivity contribution in [2.24, 2.45) is 0 Å². The zero-order valence-electron chi connectivity index (χ0n) is 14.7. The van der Waals surface area contributed by atoms with Gasteiger partial charge in [0.05, 0.1) is 18.6 Å². The van der Waals surface area contributed by atoms with E-state index in [9.17, 15) is 0 Å². The summed E-state index contributed by atoms with van der Waals surface area (Å²) in [6.07, 6.45) is 0. The number of benzene rings is 1. The number of aromatic amines is 1. The molecule has 1 saturated heterocycles. The number of fused-ring (bicyclic) bond motifs is 1. The van der Waals surface area contributed by atoms with Crippen molar-refractivity contribution in [2.45, 2.75) is 20.4 Å². The van der Waals surface area contributed by atoms with Gasteiger partial charge in [-0.2, -0.15) is 9.97 Å². The van der Waals surface area contributed by atoms with Crippen LogP contribution in [0.25, 0.3) is 11.0 Å². The van der Waals surface area contributed by atoms with E-state index in [1.807, 2.05) is 6.92 Å². The summed E-state index contributed by atoms with van der Waals surface area (Å²) in [6.45, 7) is 7.96. The molecule has 0 saturated carbocycles. The van der Waals surface area contributed by atoms with Crippen molar-refractivity contribution < 1.29 is 4.74 Å². The number of hydrogen-bond donors (Lipinski definition) is 2. The topological polar surface area (TPSA) is 66.1 Å². The van der Waals surface area contributed by atoms with Gasteiger partial charge in [-0.05, 0) is 25.5 Å². The predicted octanol–water partition coefficient (Wildman–Crippen LogP) is 3.02. The summed E-state index contributed by atoms with van der Waals surface area (Å²) < 4.78 is 5.44. The van der Waals surface area contributed by atoms with Crippen molar-refractivity contribution in [2.75, 3.05) is 36.5 Å². The highest BCUT2D eigenvalue weighted by Crippen LogP contribution is 2.25. The SMILES string of the molecule is Cc1ccc(CNc2nc(N3CCOCC3)nc3[nH]c(C)cc23)cc1. The molecule has 130 valence electrons. The van der Waals surface area contributed by atoms with Crippen LogP contribution >= 0.6 is 0 Å². The van der Waals surface area contributed by atoms with Gasteiger partial charge in [0, 0.05) is 25.3 Å². The molecule has 1 aliphatic rings. The Kier molecular flexibility index (Phi) is 4.28. The third-order valence-corrected chi connectivity index (χ3v) is 4.48. The molecule has 2 aromatic heterocycles. The molecule has 25 heavy (non-hydrogen) atoms. The lowest BCUT2D eigenvalue weighted by Crippen LogP contribution is -2.37.